The summed E-state index contributed by atoms with van der Waals surface area (Å²) in [5.74, 6) is -6.98. The Kier molecular flexibility index (Phi) is 6.82. The largest absolute Gasteiger partial charge is 0.478 e. The lowest BCUT2D eigenvalue weighted by Crippen LogP contribution is -2.32. The molecule has 0 aliphatic rings. The van der Waals surface area contributed by atoms with E-state index >= 15 is 0 Å². The zero-order valence-electron chi connectivity index (χ0n) is 13.5. The van der Waals surface area contributed by atoms with Crippen LogP contribution in [0.1, 0.15) is 27.2 Å². The molecule has 0 spiro atoms. The maximum absolute atomic E-state index is 14.1. The van der Waals surface area contributed by atoms with E-state index < -0.39 is 40.8 Å². The third-order valence-electron chi connectivity index (χ3n) is 3.26. The molecule has 0 aliphatic carbocycles. The summed E-state index contributed by atoms with van der Waals surface area (Å²) < 4.78 is 45.6. The van der Waals surface area contributed by atoms with Crippen molar-refractivity contribution in [2.75, 3.05) is 18.1 Å². The van der Waals surface area contributed by atoms with Crippen LogP contribution < -0.4 is 4.90 Å². The SMILES string of the molecule is CCOC(=O)C(=C(CC)C(=O)O)N(CC)c1ccc(F)c(F)c1F. The van der Waals surface area contributed by atoms with Crippen LogP contribution in [-0.4, -0.2) is 30.2 Å². The summed E-state index contributed by atoms with van der Waals surface area (Å²) in [5, 5.41) is 9.30. The average molecular weight is 345 g/mol. The van der Waals surface area contributed by atoms with Gasteiger partial charge >= 0.3 is 11.9 Å². The molecule has 1 N–H and O–H groups in total. The van der Waals surface area contributed by atoms with Crippen molar-refractivity contribution in [3.05, 3.63) is 40.9 Å². The summed E-state index contributed by atoms with van der Waals surface area (Å²) in [7, 11) is 0. The van der Waals surface area contributed by atoms with E-state index in [1.165, 1.54) is 20.8 Å². The number of carbonyl (C=O) groups excluding carboxylic acids is 1. The van der Waals surface area contributed by atoms with E-state index in [2.05, 4.69) is 0 Å². The highest BCUT2D eigenvalue weighted by molar-refractivity contribution is 6.02. The van der Waals surface area contributed by atoms with Crippen LogP contribution in [0.15, 0.2) is 23.4 Å². The lowest BCUT2D eigenvalue weighted by molar-refractivity contribution is -0.140. The smallest absolute Gasteiger partial charge is 0.355 e. The number of carboxylic acids is 1. The summed E-state index contributed by atoms with van der Waals surface area (Å²) in [6.07, 6.45) is -0.0503. The zero-order chi connectivity index (χ0) is 18.4. The van der Waals surface area contributed by atoms with Crippen molar-refractivity contribution in [2.45, 2.75) is 27.2 Å². The number of ether oxygens (including phenoxy) is 1. The van der Waals surface area contributed by atoms with Crippen molar-refractivity contribution < 1.29 is 32.6 Å². The number of nitrogens with zero attached hydrogens (tertiary/aromatic N) is 1. The van der Waals surface area contributed by atoms with Gasteiger partial charge in [0.2, 0.25) is 0 Å². The fourth-order valence-electron chi connectivity index (χ4n) is 2.19. The number of benzene rings is 1. The number of halogens is 3. The van der Waals surface area contributed by atoms with Gasteiger partial charge in [-0.3, -0.25) is 0 Å². The average Bonchev–Trinajstić information content (AvgIpc) is 2.54. The highest BCUT2D eigenvalue weighted by atomic mass is 19.2. The topological polar surface area (TPSA) is 66.8 Å². The second-order valence-electron chi connectivity index (χ2n) is 4.65. The molecule has 8 heteroatoms. The molecule has 0 radical (unpaired) electrons. The quantitative estimate of drug-likeness (QED) is 0.467. The molecule has 0 aromatic heterocycles. The fraction of sp³-hybridized carbons (Fsp3) is 0.375. The number of hydrogen-bond donors (Lipinski definition) is 1. The van der Waals surface area contributed by atoms with Crippen molar-refractivity contribution in [1.29, 1.82) is 0 Å². The number of rotatable bonds is 7. The monoisotopic (exact) mass is 345 g/mol. The molecule has 0 amide bonds. The Labute approximate surface area is 137 Å². The Morgan fingerprint density at radius 2 is 1.75 bits per heavy atom. The minimum Gasteiger partial charge on any atom is -0.478 e. The van der Waals surface area contributed by atoms with Gasteiger partial charge in [0.1, 0.15) is 5.70 Å². The van der Waals surface area contributed by atoms with Crippen LogP contribution in [0.3, 0.4) is 0 Å². The summed E-state index contributed by atoms with van der Waals surface area (Å²) in [6, 6.07) is 1.64. The minimum atomic E-state index is -1.71. The molecule has 1 aromatic carbocycles. The van der Waals surface area contributed by atoms with Gasteiger partial charge in [0.15, 0.2) is 17.5 Å². The van der Waals surface area contributed by atoms with Crippen LogP contribution in [0.2, 0.25) is 0 Å². The van der Waals surface area contributed by atoms with Crippen molar-refractivity contribution in [3.63, 3.8) is 0 Å². The first-order valence-electron chi connectivity index (χ1n) is 7.34. The number of likely N-dealkylation sites (N-methyl/N-ethyl adjacent to an activating group) is 1. The third-order valence-corrected chi connectivity index (χ3v) is 3.26. The molecule has 5 nitrogen and oxygen atoms in total. The standard InChI is InChI=1S/C16H18F3NO4/c1-4-9(15(21)22)14(16(23)24-6-3)20(5-2)11-8-7-10(17)12(18)13(11)19/h7-8H,4-6H2,1-3H3,(H,21,22). The molecule has 0 saturated carbocycles. The molecule has 1 aromatic rings. The van der Waals surface area contributed by atoms with Gasteiger partial charge in [0, 0.05) is 6.54 Å². The van der Waals surface area contributed by atoms with Gasteiger partial charge in [-0.2, -0.15) is 0 Å². The second-order valence-corrected chi connectivity index (χ2v) is 4.65. The second kappa shape index (κ2) is 8.37. The third kappa shape index (κ3) is 3.87. The maximum Gasteiger partial charge on any atom is 0.355 e. The Balaban J connectivity index is 3.63. The summed E-state index contributed by atoms with van der Waals surface area (Å²) in [4.78, 5) is 24.6. The van der Waals surface area contributed by atoms with E-state index in [-0.39, 0.29) is 25.1 Å². The predicted octanol–water partition coefficient (Wildman–Crippen LogP) is 3.24. The molecule has 132 valence electrons. The minimum absolute atomic E-state index is 0.0310. The molecule has 0 atom stereocenters. The van der Waals surface area contributed by atoms with E-state index in [0.717, 1.165) is 11.0 Å². The highest BCUT2D eigenvalue weighted by Gasteiger charge is 2.29. The molecular formula is C16H18F3NO4. The first kappa shape index (κ1) is 19.5. The van der Waals surface area contributed by atoms with Crippen LogP contribution >= 0.6 is 0 Å². The van der Waals surface area contributed by atoms with Crippen molar-refractivity contribution in [2.24, 2.45) is 0 Å². The Morgan fingerprint density at radius 1 is 1.12 bits per heavy atom. The number of carbonyl (C=O) groups is 2. The molecule has 0 unspecified atom stereocenters. The molecule has 24 heavy (non-hydrogen) atoms. The molecule has 0 fully saturated rings. The predicted molar refractivity (Wildman–Crippen MR) is 80.9 cm³/mol. The van der Waals surface area contributed by atoms with E-state index in [9.17, 15) is 27.9 Å². The number of hydrogen-bond acceptors (Lipinski definition) is 4. The molecule has 0 bridgehead atoms. The van der Waals surface area contributed by atoms with Crippen molar-refractivity contribution >= 4 is 17.6 Å². The zero-order valence-corrected chi connectivity index (χ0v) is 13.5. The van der Waals surface area contributed by atoms with Gasteiger partial charge in [-0.25, -0.2) is 22.8 Å². The molecule has 1 rings (SSSR count). The van der Waals surface area contributed by atoms with Gasteiger partial charge in [-0.1, -0.05) is 6.92 Å². The van der Waals surface area contributed by atoms with E-state index in [4.69, 9.17) is 4.74 Å². The maximum atomic E-state index is 14.1. The molecular weight excluding hydrogens is 327 g/mol. The summed E-state index contributed by atoms with van der Waals surface area (Å²) in [6.45, 7) is 4.44. The first-order chi connectivity index (χ1) is 11.3. The van der Waals surface area contributed by atoms with Gasteiger partial charge in [-0.05, 0) is 32.4 Å². The van der Waals surface area contributed by atoms with Gasteiger partial charge in [0.05, 0.1) is 17.9 Å². The number of anilines is 1. The number of carboxylic acid groups (broad SMARTS) is 1. The lowest BCUT2D eigenvalue weighted by Gasteiger charge is -2.27. The van der Waals surface area contributed by atoms with E-state index in [0.29, 0.717) is 6.07 Å². The van der Waals surface area contributed by atoms with Crippen molar-refractivity contribution in [1.82, 2.24) is 0 Å². The molecule has 0 saturated heterocycles. The van der Waals surface area contributed by atoms with Crippen LogP contribution in [0.25, 0.3) is 0 Å². The van der Waals surface area contributed by atoms with Crippen molar-refractivity contribution in [3.8, 4) is 0 Å². The van der Waals surface area contributed by atoms with Gasteiger partial charge in [-0.15, -0.1) is 0 Å². The molecule has 0 heterocycles. The lowest BCUT2D eigenvalue weighted by atomic mass is 10.1. The fourth-order valence-corrected chi connectivity index (χ4v) is 2.19. The molecule has 0 aliphatic heterocycles. The Morgan fingerprint density at radius 3 is 2.21 bits per heavy atom. The van der Waals surface area contributed by atoms with Gasteiger partial charge in [0.25, 0.3) is 0 Å². The van der Waals surface area contributed by atoms with Crippen LogP contribution in [0, 0.1) is 17.5 Å². The Hall–Kier alpha value is -2.51. The number of esters is 1. The summed E-state index contributed by atoms with van der Waals surface area (Å²) >= 11 is 0. The normalized spacial score (nSPS) is 11.8. The Bertz CT molecular complexity index is 674. The summed E-state index contributed by atoms with van der Waals surface area (Å²) in [5.41, 5.74) is -1.19. The van der Waals surface area contributed by atoms with E-state index in [1.807, 2.05) is 0 Å². The van der Waals surface area contributed by atoms with Crippen LogP contribution in [0.5, 0.6) is 0 Å². The van der Waals surface area contributed by atoms with Gasteiger partial charge < -0.3 is 14.7 Å². The van der Waals surface area contributed by atoms with Crippen LogP contribution in [0.4, 0.5) is 18.9 Å². The first-order valence-corrected chi connectivity index (χ1v) is 7.34. The van der Waals surface area contributed by atoms with E-state index in [1.54, 1.807) is 0 Å². The number of aliphatic carboxylic acids is 1. The highest BCUT2D eigenvalue weighted by Crippen LogP contribution is 2.29. The van der Waals surface area contributed by atoms with Crippen LogP contribution in [-0.2, 0) is 14.3 Å².